The van der Waals surface area contributed by atoms with Gasteiger partial charge in [-0.3, -0.25) is 2.78 Å². The summed E-state index contributed by atoms with van der Waals surface area (Å²) >= 11 is 2.16. The van der Waals surface area contributed by atoms with Gasteiger partial charge in [0.15, 0.2) is 0 Å². The highest BCUT2D eigenvalue weighted by atomic mass is 127. The van der Waals surface area contributed by atoms with Crippen molar-refractivity contribution in [1.29, 1.82) is 0 Å². The highest BCUT2D eigenvalue weighted by Gasteiger charge is 2.03. The lowest BCUT2D eigenvalue weighted by Gasteiger charge is -1.94. The summed E-state index contributed by atoms with van der Waals surface area (Å²) in [4.78, 5) is 4.26. The first kappa shape index (κ1) is 8.51. The number of nitrogens with zero attached hydrogens (tertiary/aromatic N) is 2. The average Bonchev–Trinajstić information content (AvgIpc) is 2.28. The molecule has 1 atom stereocenters. The van der Waals surface area contributed by atoms with Crippen LogP contribution in [0, 0.1) is 0 Å². The van der Waals surface area contributed by atoms with Gasteiger partial charge >= 0.3 is 0 Å². The summed E-state index contributed by atoms with van der Waals surface area (Å²) in [5, 5.41) is 2.06. The van der Waals surface area contributed by atoms with E-state index in [9.17, 15) is 0 Å². The SMILES string of the molecule is [B]c1cn(I)c2ncc(P)cc12. The van der Waals surface area contributed by atoms with Crippen LogP contribution >= 0.6 is 32.1 Å². The molecule has 0 amide bonds. The summed E-state index contributed by atoms with van der Waals surface area (Å²) in [6, 6.07) is 2.01. The third-order valence-electron chi connectivity index (χ3n) is 1.65. The van der Waals surface area contributed by atoms with Crippen LogP contribution in [0.2, 0.25) is 0 Å². The maximum absolute atomic E-state index is 5.77. The Morgan fingerprint density at radius 1 is 1.58 bits per heavy atom. The molecule has 0 bridgehead atoms. The first-order chi connectivity index (χ1) is 5.68. The number of halogens is 1. The van der Waals surface area contributed by atoms with E-state index in [0.717, 1.165) is 21.8 Å². The first-order valence-electron chi connectivity index (χ1n) is 3.36. The van der Waals surface area contributed by atoms with Crippen LogP contribution in [0.15, 0.2) is 18.5 Å². The topological polar surface area (TPSA) is 17.8 Å². The van der Waals surface area contributed by atoms with Gasteiger partial charge in [-0.15, -0.1) is 9.24 Å². The maximum atomic E-state index is 5.77. The lowest BCUT2D eigenvalue weighted by Crippen LogP contribution is -2.00. The lowest BCUT2D eigenvalue weighted by atomic mass is 9.97. The molecule has 2 nitrogen and oxygen atoms in total. The number of hydrogen-bond donors (Lipinski definition) is 0. The molecule has 0 aromatic carbocycles. The smallest absolute Gasteiger partial charge is 0.148 e. The van der Waals surface area contributed by atoms with Crippen molar-refractivity contribution in [3.8, 4) is 0 Å². The van der Waals surface area contributed by atoms with Crippen molar-refractivity contribution in [2.75, 3.05) is 0 Å². The second kappa shape index (κ2) is 3.00. The van der Waals surface area contributed by atoms with Gasteiger partial charge in [0.2, 0.25) is 0 Å². The Bertz CT molecular complexity index is 440. The van der Waals surface area contributed by atoms with Gasteiger partial charge in [-0.1, -0.05) is 5.46 Å². The van der Waals surface area contributed by atoms with Crippen LogP contribution < -0.4 is 10.8 Å². The van der Waals surface area contributed by atoms with Gasteiger partial charge < -0.3 is 0 Å². The van der Waals surface area contributed by atoms with Crippen LogP contribution in [0.25, 0.3) is 11.0 Å². The van der Waals surface area contributed by atoms with Crippen LogP contribution in [-0.2, 0) is 0 Å². The summed E-state index contributed by atoms with van der Waals surface area (Å²) < 4.78 is 1.90. The molecule has 2 rings (SSSR count). The van der Waals surface area contributed by atoms with Crippen molar-refractivity contribution in [2.45, 2.75) is 0 Å². The molecule has 0 aliphatic carbocycles. The van der Waals surface area contributed by atoms with Crippen molar-refractivity contribution < 1.29 is 0 Å². The van der Waals surface area contributed by atoms with Gasteiger partial charge in [0.25, 0.3) is 0 Å². The van der Waals surface area contributed by atoms with E-state index < -0.39 is 0 Å². The fraction of sp³-hybridized carbons (Fsp3) is 0. The van der Waals surface area contributed by atoms with Crippen LogP contribution in [0.1, 0.15) is 0 Å². The van der Waals surface area contributed by atoms with E-state index in [4.69, 9.17) is 7.85 Å². The van der Waals surface area contributed by atoms with Crippen molar-refractivity contribution >= 4 is 61.8 Å². The lowest BCUT2D eigenvalue weighted by molar-refractivity contribution is 1.31. The first-order valence-corrected chi connectivity index (χ1v) is 4.91. The summed E-state index contributed by atoms with van der Waals surface area (Å²) in [5.74, 6) is 0. The van der Waals surface area contributed by atoms with Crippen molar-refractivity contribution in [1.82, 2.24) is 7.76 Å². The van der Waals surface area contributed by atoms with E-state index in [1.807, 2.05) is 21.2 Å². The monoisotopic (exact) mass is 286 g/mol. The molecule has 0 spiro atoms. The van der Waals surface area contributed by atoms with Gasteiger partial charge in [0.1, 0.15) is 13.5 Å². The molecule has 1 unspecified atom stereocenters. The van der Waals surface area contributed by atoms with Crippen molar-refractivity contribution in [3.63, 3.8) is 0 Å². The average molecular weight is 286 g/mol. The molecule has 0 aliphatic heterocycles. The van der Waals surface area contributed by atoms with Crippen molar-refractivity contribution in [3.05, 3.63) is 18.5 Å². The van der Waals surface area contributed by atoms with Gasteiger partial charge in [0.05, 0.1) is 22.9 Å². The molecule has 0 aliphatic rings. The van der Waals surface area contributed by atoms with E-state index in [2.05, 4.69) is 37.1 Å². The van der Waals surface area contributed by atoms with Crippen LogP contribution in [-0.4, -0.2) is 15.6 Å². The number of fused-ring (bicyclic) bond motifs is 1. The fourth-order valence-electron chi connectivity index (χ4n) is 1.11. The minimum Gasteiger partial charge on any atom is -0.274 e. The van der Waals surface area contributed by atoms with E-state index in [0.29, 0.717) is 0 Å². The number of pyridine rings is 1. The molecular weight excluding hydrogens is 281 g/mol. The standard InChI is InChI=1S/C7H5BIN2P/c8-6-3-11(9)7-5(6)1-4(12)2-10-7/h1-3H,12H2. The van der Waals surface area contributed by atoms with E-state index in [-0.39, 0.29) is 0 Å². The minimum atomic E-state index is 0.774. The Morgan fingerprint density at radius 3 is 3.08 bits per heavy atom. The van der Waals surface area contributed by atoms with Gasteiger partial charge in [0, 0.05) is 17.8 Å². The predicted octanol–water partition coefficient (Wildman–Crippen LogP) is 0.529. The normalized spacial score (nSPS) is 10.8. The molecule has 12 heavy (non-hydrogen) atoms. The quantitative estimate of drug-likeness (QED) is 0.392. The van der Waals surface area contributed by atoms with E-state index >= 15 is 0 Å². The van der Waals surface area contributed by atoms with Gasteiger partial charge in [-0.25, -0.2) is 4.98 Å². The molecule has 0 fully saturated rings. The third kappa shape index (κ3) is 1.27. The molecule has 0 saturated carbocycles. The highest BCUT2D eigenvalue weighted by molar-refractivity contribution is 14.1. The fourth-order valence-corrected chi connectivity index (χ4v) is 2.03. The minimum absolute atomic E-state index is 0.774. The Labute approximate surface area is 87.9 Å². The molecule has 5 heteroatoms. The maximum Gasteiger partial charge on any atom is 0.148 e. The zero-order chi connectivity index (χ0) is 8.72. The summed E-state index contributed by atoms with van der Waals surface area (Å²) in [6.45, 7) is 0. The molecule has 2 heterocycles. The molecule has 2 aromatic heterocycles. The van der Waals surface area contributed by atoms with Crippen LogP contribution in [0.4, 0.5) is 0 Å². The van der Waals surface area contributed by atoms with E-state index in [1.165, 1.54) is 0 Å². The second-order valence-corrected chi connectivity index (χ2v) is 4.24. The number of rotatable bonds is 0. The predicted molar refractivity (Wildman–Crippen MR) is 63.9 cm³/mol. The Hall–Kier alpha value is -0.0851. The zero-order valence-electron chi connectivity index (χ0n) is 6.16. The molecule has 0 N–H and O–H groups in total. The molecular formula is C7H5BIN2P. The second-order valence-electron chi connectivity index (χ2n) is 2.54. The summed E-state index contributed by atoms with van der Waals surface area (Å²) in [5.41, 5.74) is 1.69. The third-order valence-corrected chi connectivity index (χ3v) is 2.70. The Morgan fingerprint density at radius 2 is 2.33 bits per heavy atom. The van der Waals surface area contributed by atoms with Crippen molar-refractivity contribution in [2.24, 2.45) is 0 Å². The number of hydrogen-bond acceptors (Lipinski definition) is 1. The van der Waals surface area contributed by atoms with Crippen LogP contribution in [0.5, 0.6) is 0 Å². The molecule has 2 aromatic rings. The highest BCUT2D eigenvalue weighted by Crippen LogP contribution is 2.11. The van der Waals surface area contributed by atoms with Crippen LogP contribution in [0.3, 0.4) is 0 Å². The van der Waals surface area contributed by atoms with Gasteiger partial charge in [-0.05, 0) is 11.4 Å². The Kier molecular flexibility index (Phi) is 2.13. The van der Waals surface area contributed by atoms with Gasteiger partial charge in [-0.2, -0.15) is 0 Å². The summed E-state index contributed by atoms with van der Waals surface area (Å²) in [6.07, 6.45) is 3.67. The molecule has 2 radical (unpaired) electrons. The zero-order valence-corrected chi connectivity index (χ0v) is 9.47. The summed E-state index contributed by atoms with van der Waals surface area (Å²) in [7, 11) is 8.38. The Balaban J connectivity index is 2.90. The molecule has 58 valence electrons. The largest absolute Gasteiger partial charge is 0.274 e. The van der Waals surface area contributed by atoms with E-state index in [1.54, 1.807) is 0 Å². The molecule has 0 saturated heterocycles. The number of aromatic nitrogens is 2.